The Labute approximate surface area is 177 Å². The van der Waals surface area contributed by atoms with Gasteiger partial charge in [0.05, 0.1) is 11.3 Å². The molecule has 1 saturated heterocycles. The van der Waals surface area contributed by atoms with E-state index in [4.69, 9.17) is 4.74 Å². The van der Waals surface area contributed by atoms with Crippen molar-refractivity contribution in [1.29, 1.82) is 0 Å². The highest BCUT2D eigenvalue weighted by atomic mass is 19.4. The number of amides is 1. The number of hydrogen-bond donors (Lipinski definition) is 2. The number of phenols is 1. The molecule has 168 valence electrons. The Hall–Kier alpha value is -3.11. The van der Waals surface area contributed by atoms with E-state index in [1.165, 1.54) is 0 Å². The zero-order chi connectivity index (χ0) is 23.0. The summed E-state index contributed by atoms with van der Waals surface area (Å²) in [5.74, 6) is -0.331. The molecule has 2 aromatic rings. The van der Waals surface area contributed by atoms with Gasteiger partial charge in [-0.05, 0) is 52.3 Å². The van der Waals surface area contributed by atoms with Crippen LogP contribution in [0.4, 0.5) is 23.9 Å². The summed E-state index contributed by atoms with van der Waals surface area (Å²) in [7, 11) is 0. The molecule has 2 N–H and O–H groups in total. The number of nitrogens with one attached hydrogen (secondary N) is 1. The van der Waals surface area contributed by atoms with E-state index in [0.717, 1.165) is 12.1 Å². The van der Waals surface area contributed by atoms with Crippen LogP contribution in [0.3, 0.4) is 0 Å². The van der Waals surface area contributed by atoms with Gasteiger partial charge in [0.2, 0.25) is 5.95 Å². The molecule has 8 nitrogen and oxygen atoms in total. The van der Waals surface area contributed by atoms with Crippen LogP contribution < -0.4 is 5.32 Å². The topological polar surface area (TPSA) is 100 Å². The first-order valence-electron chi connectivity index (χ1n) is 9.70. The number of carbonyl (C=O) groups is 1. The molecular weight excluding hydrogens is 415 g/mol. The normalized spacial score (nSPS) is 17.0. The summed E-state index contributed by atoms with van der Waals surface area (Å²) in [6, 6.07) is 2.55. The lowest BCUT2D eigenvalue weighted by atomic mass is 10.1. The van der Waals surface area contributed by atoms with Gasteiger partial charge in [0.1, 0.15) is 17.0 Å². The maximum Gasteiger partial charge on any atom is 0.416 e. The lowest BCUT2D eigenvalue weighted by molar-refractivity contribution is -0.137. The average molecular weight is 439 g/mol. The molecule has 2 heterocycles. The number of halogens is 3. The minimum absolute atomic E-state index is 0.0981. The Morgan fingerprint density at radius 3 is 2.55 bits per heavy atom. The van der Waals surface area contributed by atoms with E-state index >= 15 is 0 Å². The highest BCUT2D eigenvalue weighted by Gasteiger charge is 2.32. The molecule has 1 aliphatic heterocycles. The standard InChI is InChI=1S/C20H24F3N5O3/c1-11-16(14-6-5-12(9-15(14)29)20(21,22)23)26-27-17(24-11)25-13-7-8-28(10-13)18(30)31-19(2,3)4/h5-6,9,13,29H,7-8,10H2,1-4H3,(H,24,25,27)/t13-/m1/s1. The molecule has 0 bridgehead atoms. The zero-order valence-corrected chi connectivity index (χ0v) is 17.6. The van der Waals surface area contributed by atoms with Crippen molar-refractivity contribution in [1.82, 2.24) is 20.1 Å². The highest BCUT2D eigenvalue weighted by Crippen LogP contribution is 2.36. The molecule has 1 aromatic heterocycles. The molecule has 1 aromatic carbocycles. The molecule has 1 aliphatic rings. The smallest absolute Gasteiger partial charge is 0.416 e. The number of benzene rings is 1. The molecule has 0 aliphatic carbocycles. The van der Waals surface area contributed by atoms with E-state index in [0.29, 0.717) is 31.3 Å². The molecule has 1 amide bonds. The summed E-state index contributed by atoms with van der Waals surface area (Å²) < 4.78 is 43.7. The molecule has 1 atom stereocenters. The van der Waals surface area contributed by atoms with Gasteiger partial charge < -0.3 is 20.1 Å². The number of aryl methyl sites for hydroxylation is 1. The van der Waals surface area contributed by atoms with Gasteiger partial charge in [0.25, 0.3) is 0 Å². The second kappa shape index (κ2) is 8.20. The number of rotatable bonds is 3. The third kappa shape index (κ3) is 5.53. The average Bonchev–Trinajstić information content (AvgIpc) is 3.09. The third-order valence-corrected chi connectivity index (χ3v) is 4.61. The van der Waals surface area contributed by atoms with Crippen molar-refractivity contribution >= 4 is 12.0 Å². The molecule has 0 radical (unpaired) electrons. The van der Waals surface area contributed by atoms with Gasteiger partial charge in [-0.2, -0.15) is 13.2 Å². The number of likely N-dealkylation sites (tertiary alicyclic amines) is 1. The van der Waals surface area contributed by atoms with E-state index in [-0.39, 0.29) is 29.3 Å². The molecular formula is C20H24F3N5O3. The number of anilines is 1. The number of alkyl halides is 3. The van der Waals surface area contributed by atoms with Crippen molar-refractivity contribution in [3.05, 3.63) is 29.5 Å². The van der Waals surface area contributed by atoms with Crippen LogP contribution in [0.5, 0.6) is 5.75 Å². The minimum Gasteiger partial charge on any atom is -0.507 e. The number of aromatic nitrogens is 3. The summed E-state index contributed by atoms with van der Waals surface area (Å²) in [5.41, 5.74) is -0.865. The number of carbonyl (C=O) groups excluding carboxylic acids is 1. The molecule has 3 rings (SSSR count). The van der Waals surface area contributed by atoms with Crippen molar-refractivity contribution in [2.24, 2.45) is 0 Å². The monoisotopic (exact) mass is 439 g/mol. The molecule has 0 saturated carbocycles. The summed E-state index contributed by atoms with van der Waals surface area (Å²) in [4.78, 5) is 18.1. The fourth-order valence-corrected chi connectivity index (χ4v) is 3.17. The third-order valence-electron chi connectivity index (χ3n) is 4.61. The fraction of sp³-hybridized carbons (Fsp3) is 0.500. The van der Waals surface area contributed by atoms with Gasteiger partial charge >= 0.3 is 12.3 Å². The highest BCUT2D eigenvalue weighted by molar-refractivity contribution is 5.69. The predicted octanol–water partition coefficient (Wildman–Crippen LogP) is 3.99. The Kier molecular flexibility index (Phi) is 5.97. The van der Waals surface area contributed by atoms with Crippen LogP contribution in [0, 0.1) is 6.92 Å². The Balaban J connectivity index is 1.69. The first-order valence-corrected chi connectivity index (χ1v) is 9.70. The van der Waals surface area contributed by atoms with Crippen LogP contribution in [0.2, 0.25) is 0 Å². The van der Waals surface area contributed by atoms with Gasteiger partial charge in [0, 0.05) is 24.7 Å². The van der Waals surface area contributed by atoms with E-state index in [9.17, 15) is 23.1 Å². The summed E-state index contributed by atoms with van der Waals surface area (Å²) in [6.07, 6.45) is -4.28. The lowest BCUT2D eigenvalue weighted by Gasteiger charge is -2.24. The van der Waals surface area contributed by atoms with Crippen LogP contribution in [-0.4, -0.2) is 56.0 Å². The molecule has 11 heteroatoms. The van der Waals surface area contributed by atoms with Crippen molar-refractivity contribution < 1.29 is 27.8 Å². The van der Waals surface area contributed by atoms with E-state index in [1.54, 1.807) is 32.6 Å². The maximum atomic E-state index is 12.8. The number of nitrogens with zero attached hydrogens (tertiary/aromatic N) is 4. The second-order valence-corrected chi connectivity index (χ2v) is 8.36. The van der Waals surface area contributed by atoms with Crippen molar-refractivity contribution in [2.75, 3.05) is 18.4 Å². The van der Waals surface area contributed by atoms with Crippen LogP contribution >= 0.6 is 0 Å². The van der Waals surface area contributed by atoms with Crippen LogP contribution in [0.25, 0.3) is 11.3 Å². The summed E-state index contributed by atoms with van der Waals surface area (Å²) in [5, 5.41) is 21.1. The van der Waals surface area contributed by atoms with Crippen molar-refractivity contribution in [2.45, 2.75) is 51.9 Å². The largest absolute Gasteiger partial charge is 0.507 e. The van der Waals surface area contributed by atoms with Crippen molar-refractivity contribution in [3.63, 3.8) is 0 Å². The maximum absolute atomic E-state index is 12.8. The predicted molar refractivity (Wildman–Crippen MR) is 107 cm³/mol. The van der Waals surface area contributed by atoms with E-state index < -0.39 is 23.1 Å². The first kappa shape index (κ1) is 22.6. The van der Waals surface area contributed by atoms with Crippen LogP contribution in [0.1, 0.15) is 38.4 Å². The fourth-order valence-electron chi connectivity index (χ4n) is 3.17. The Bertz CT molecular complexity index is 976. The van der Waals surface area contributed by atoms with Gasteiger partial charge in [-0.15, -0.1) is 10.2 Å². The number of ether oxygens (including phenoxy) is 1. The Morgan fingerprint density at radius 2 is 1.97 bits per heavy atom. The quantitative estimate of drug-likeness (QED) is 0.746. The van der Waals surface area contributed by atoms with Crippen LogP contribution in [-0.2, 0) is 10.9 Å². The number of aromatic hydroxyl groups is 1. The summed E-state index contributed by atoms with van der Waals surface area (Å²) >= 11 is 0. The number of hydrogen-bond acceptors (Lipinski definition) is 7. The number of phenolic OH excluding ortho intramolecular Hbond substituents is 1. The first-order chi connectivity index (χ1) is 14.3. The van der Waals surface area contributed by atoms with Gasteiger partial charge in [-0.3, -0.25) is 0 Å². The molecule has 0 spiro atoms. The van der Waals surface area contributed by atoms with Gasteiger partial charge in [-0.25, -0.2) is 9.78 Å². The molecule has 31 heavy (non-hydrogen) atoms. The van der Waals surface area contributed by atoms with Gasteiger partial charge in [0.15, 0.2) is 0 Å². The lowest BCUT2D eigenvalue weighted by Crippen LogP contribution is -2.36. The van der Waals surface area contributed by atoms with E-state index in [2.05, 4.69) is 20.5 Å². The van der Waals surface area contributed by atoms with Crippen LogP contribution in [0.15, 0.2) is 18.2 Å². The SMILES string of the molecule is Cc1nc(N[C@@H]2CCN(C(=O)OC(C)(C)C)C2)nnc1-c1ccc(C(F)(F)F)cc1O. The van der Waals surface area contributed by atoms with Crippen molar-refractivity contribution in [3.8, 4) is 17.0 Å². The zero-order valence-electron chi connectivity index (χ0n) is 17.6. The van der Waals surface area contributed by atoms with E-state index in [1.807, 2.05) is 0 Å². The minimum atomic E-state index is -4.56. The second-order valence-electron chi connectivity index (χ2n) is 8.36. The summed E-state index contributed by atoms with van der Waals surface area (Å²) in [6.45, 7) is 7.96. The Morgan fingerprint density at radius 1 is 1.26 bits per heavy atom. The van der Waals surface area contributed by atoms with Gasteiger partial charge in [-0.1, -0.05) is 0 Å². The molecule has 1 fully saturated rings. The molecule has 0 unspecified atom stereocenters.